The number of nitrogens with one attached hydrogen (secondary N) is 1. The normalized spacial score (nSPS) is 23.7. The Balaban J connectivity index is 1.54. The van der Waals surface area contributed by atoms with Gasteiger partial charge in [-0.2, -0.15) is 0 Å². The van der Waals surface area contributed by atoms with Crippen molar-refractivity contribution in [3.63, 3.8) is 0 Å². The van der Waals surface area contributed by atoms with Crippen LogP contribution in [0.25, 0.3) is 0 Å². The maximum atomic E-state index is 12.4. The molecule has 1 saturated heterocycles. The monoisotopic (exact) mass is 328 g/mol. The van der Waals surface area contributed by atoms with E-state index < -0.39 is 0 Å². The molecule has 3 rings (SSSR count). The van der Waals surface area contributed by atoms with E-state index in [1.54, 1.807) is 0 Å². The van der Waals surface area contributed by atoms with E-state index in [1.165, 1.54) is 12.0 Å². The second-order valence-electron chi connectivity index (χ2n) is 8.15. The quantitative estimate of drug-likeness (QED) is 0.922. The molecule has 1 aliphatic heterocycles. The Hall–Kier alpha value is -1.84. The molecule has 1 aromatic rings. The van der Waals surface area contributed by atoms with Crippen molar-refractivity contribution in [3.8, 4) is 0 Å². The van der Waals surface area contributed by atoms with E-state index in [0.29, 0.717) is 6.42 Å². The van der Waals surface area contributed by atoms with Crippen molar-refractivity contribution in [1.82, 2.24) is 4.90 Å². The second kappa shape index (κ2) is 6.58. The molecule has 2 unspecified atom stereocenters. The Labute approximate surface area is 144 Å². The van der Waals surface area contributed by atoms with Crippen molar-refractivity contribution >= 4 is 17.5 Å². The van der Waals surface area contributed by atoms with Crippen LogP contribution in [0.2, 0.25) is 0 Å². The molecule has 2 aliphatic rings. The van der Waals surface area contributed by atoms with Gasteiger partial charge >= 0.3 is 0 Å². The summed E-state index contributed by atoms with van der Waals surface area (Å²) in [6.45, 7) is 8.22. The van der Waals surface area contributed by atoms with E-state index >= 15 is 0 Å². The lowest BCUT2D eigenvalue weighted by Crippen LogP contribution is -2.37. The molecule has 24 heavy (non-hydrogen) atoms. The summed E-state index contributed by atoms with van der Waals surface area (Å²) >= 11 is 0. The van der Waals surface area contributed by atoms with Crippen LogP contribution in [-0.4, -0.2) is 29.8 Å². The molecule has 4 nitrogen and oxygen atoms in total. The Morgan fingerprint density at radius 3 is 2.21 bits per heavy atom. The standard InChI is InChI=1S/C20H28N2O2/c1-20(2,3)14-7-9-15(10-8-14)21-18(23)16-13-17(16)19(24)22-11-5-4-6-12-22/h7-10,16-17H,4-6,11-13H2,1-3H3,(H,21,23). The summed E-state index contributed by atoms with van der Waals surface area (Å²) in [6, 6.07) is 8.00. The van der Waals surface area contributed by atoms with Crippen LogP contribution in [0.15, 0.2) is 24.3 Å². The largest absolute Gasteiger partial charge is 0.342 e. The number of hydrogen-bond donors (Lipinski definition) is 1. The first kappa shape index (κ1) is 17.0. The summed E-state index contributed by atoms with van der Waals surface area (Å²) in [7, 11) is 0. The van der Waals surface area contributed by atoms with Gasteiger partial charge in [-0.1, -0.05) is 32.9 Å². The molecule has 0 bridgehead atoms. The first-order valence-corrected chi connectivity index (χ1v) is 9.06. The summed E-state index contributed by atoms with van der Waals surface area (Å²) in [5.74, 6) is -0.0922. The average molecular weight is 328 g/mol. The lowest BCUT2D eigenvalue weighted by Gasteiger charge is -2.26. The summed E-state index contributed by atoms with van der Waals surface area (Å²) in [5.41, 5.74) is 2.15. The summed E-state index contributed by atoms with van der Waals surface area (Å²) in [4.78, 5) is 26.7. The topological polar surface area (TPSA) is 49.4 Å². The Morgan fingerprint density at radius 1 is 1.00 bits per heavy atom. The molecule has 4 heteroatoms. The highest BCUT2D eigenvalue weighted by Crippen LogP contribution is 2.41. The van der Waals surface area contributed by atoms with Crippen molar-refractivity contribution in [2.75, 3.05) is 18.4 Å². The van der Waals surface area contributed by atoms with E-state index in [0.717, 1.165) is 31.6 Å². The minimum Gasteiger partial charge on any atom is -0.342 e. The van der Waals surface area contributed by atoms with Crippen LogP contribution in [0.3, 0.4) is 0 Å². The van der Waals surface area contributed by atoms with Crippen LogP contribution < -0.4 is 5.32 Å². The molecule has 1 aliphatic carbocycles. The summed E-state index contributed by atoms with van der Waals surface area (Å²) in [5, 5.41) is 2.96. The number of carbonyl (C=O) groups is 2. The van der Waals surface area contributed by atoms with Gasteiger partial charge in [0.25, 0.3) is 0 Å². The third kappa shape index (κ3) is 3.80. The van der Waals surface area contributed by atoms with Gasteiger partial charge in [0.15, 0.2) is 0 Å². The van der Waals surface area contributed by atoms with Gasteiger partial charge in [-0.05, 0) is 48.8 Å². The third-order valence-corrected chi connectivity index (χ3v) is 5.13. The third-order valence-electron chi connectivity index (χ3n) is 5.13. The molecule has 0 aromatic heterocycles. The number of piperidine rings is 1. The van der Waals surface area contributed by atoms with Gasteiger partial charge in [-0.25, -0.2) is 0 Å². The highest BCUT2D eigenvalue weighted by Gasteiger charge is 2.49. The van der Waals surface area contributed by atoms with Crippen molar-refractivity contribution in [1.29, 1.82) is 0 Å². The van der Waals surface area contributed by atoms with Crippen LogP contribution in [0, 0.1) is 11.8 Å². The molecule has 2 fully saturated rings. The Bertz CT molecular complexity index is 610. The van der Waals surface area contributed by atoms with E-state index in [4.69, 9.17) is 0 Å². The first-order valence-electron chi connectivity index (χ1n) is 9.06. The van der Waals surface area contributed by atoms with Gasteiger partial charge in [-0.15, -0.1) is 0 Å². The summed E-state index contributed by atoms with van der Waals surface area (Å²) < 4.78 is 0. The van der Waals surface area contributed by atoms with E-state index in [2.05, 4.69) is 38.2 Å². The minimum absolute atomic E-state index is 0.0196. The van der Waals surface area contributed by atoms with Gasteiger partial charge in [0, 0.05) is 18.8 Å². The Kier molecular flexibility index (Phi) is 4.66. The molecule has 1 saturated carbocycles. The number of hydrogen-bond acceptors (Lipinski definition) is 2. The Morgan fingerprint density at radius 2 is 1.62 bits per heavy atom. The fourth-order valence-corrected chi connectivity index (χ4v) is 3.40. The zero-order chi connectivity index (χ0) is 17.3. The van der Waals surface area contributed by atoms with Crippen LogP contribution in [0.5, 0.6) is 0 Å². The number of benzene rings is 1. The van der Waals surface area contributed by atoms with E-state index in [1.807, 2.05) is 17.0 Å². The maximum Gasteiger partial charge on any atom is 0.228 e. The number of amides is 2. The zero-order valence-corrected chi connectivity index (χ0v) is 15.0. The number of rotatable bonds is 3. The van der Waals surface area contributed by atoms with E-state index in [9.17, 15) is 9.59 Å². The van der Waals surface area contributed by atoms with Gasteiger partial charge < -0.3 is 10.2 Å². The van der Waals surface area contributed by atoms with Crippen LogP contribution in [-0.2, 0) is 15.0 Å². The van der Waals surface area contributed by atoms with Gasteiger partial charge in [0.05, 0.1) is 11.8 Å². The summed E-state index contributed by atoms with van der Waals surface area (Å²) in [6.07, 6.45) is 4.09. The molecule has 1 N–H and O–H groups in total. The number of anilines is 1. The lowest BCUT2D eigenvalue weighted by molar-refractivity contribution is -0.134. The lowest BCUT2D eigenvalue weighted by atomic mass is 9.87. The molecule has 0 spiro atoms. The highest BCUT2D eigenvalue weighted by molar-refractivity contribution is 5.99. The second-order valence-corrected chi connectivity index (χ2v) is 8.15. The highest BCUT2D eigenvalue weighted by atomic mass is 16.2. The smallest absolute Gasteiger partial charge is 0.228 e. The van der Waals surface area contributed by atoms with Gasteiger partial charge in [0.1, 0.15) is 0 Å². The predicted octanol–water partition coefficient (Wildman–Crippen LogP) is 3.57. The van der Waals surface area contributed by atoms with Crippen LogP contribution in [0.1, 0.15) is 52.0 Å². The minimum atomic E-state index is -0.151. The van der Waals surface area contributed by atoms with Crippen LogP contribution >= 0.6 is 0 Å². The maximum absolute atomic E-state index is 12.4. The molecule has 2 atom stereocenters. The number of carbonyl (C=O) groups excluding carboxylic acids is 2. The van der Waals surface area contributed by atoms with Crippen molar-refractivity contribution in [3.05, 3.63) is 29.8 Å². The fraction of sp³-hybridized carbons (Fsp3) is 0.600. The molecule has 1 aromatic carbocycles. The SMILES string of the molecule is CC(C)(C)c1ccc(NC(=O)C2CC2C(=O)N2CCCCC2)cc1. The van der Waals surface area contributed by atoms with Gasteiger partial charge in [-0.3, -0.25) is 9.59 Å². The molecule has 130 valence electrons. The first-order chi connectivity index (χ1) is 11.4. The van der Waals surface area contributed by atoms with Crippen molar-refractivity contribution < 1.29 is 9.59 Å². The van der Waals surface area contributed by atoms with Crippen LogP contribution in [0.4, 0.5) is 5.69 Å². The number of nitrogens with zero attached hydrogens (tertiary/aromatic N) is 1. The molecular weight excluding hydrogens is 300 g/mol. The van der Waals surface area contributed by atoms with Crippen molar-refractivity contribution in [2.24, 2.45) is 11.8 Å². The molecule has 0 radical (unpaired) electrons. The molecule has 2 amide bonds. The predicted molar refractivity (Wildman–Crippen MR) is 95.8 cm³/mol. The number of likely N-dealkylation sites (tertiary alicyclic amines) is 1. The van der Waals surface area contributed by atoms with Crippen molar-refractivity contribution in [2.45, 2.75) is 51.9 Å². The average Bonchev–Trinajstić information content (AvgIpc) is 3.35. The van der Waals surface area contributed by atoms with E-state index in [-0.39, 0.29) is 29.1 Å². The van der Waals surface area contributed by atoms with Gasteiger partial charge in [0.2, 0.25) is 11.8 Å². The zero-order valence-electron chi connectivity index (χ0n) is 15.0. The fourth-order valence-electron chi connectivity index (χ4n) is 3.40. The molecular formula is C20H28N2O2. The molecule has 1 heterocycles.